The lowest BCUT2D eigenvalue weighted by molar-refractivity contribution is -0.202. The highest BCUT2D eigenvalue weighted by molar-refractivity contribution is 7.88. The van der Waals surface area contributed by atoms with Crippen molar-refractivity contribution in [2.45, 2.75) is 199 Å². The Labute approximate surface area is 385 Å². The largest absolute Gasteiger partial charge is 0.534 e. The van der Waals surface area contributed by atoms with E-state index in [1.54, 1.807) is 6.92 Å². The molecule has 3 unspecified atom stereocenters. The molecule has 3 aliphatic rings. The number of alkyl halides is 6. The normalized spacial score (nSPS) is 24.8. The number of ketones is 1. The lowest BCUT2D eigenvalue weighted by Gasteiger charge is -2.40. The third-order valence-electron chi connectivity index (χ3n) is 9.15. The van der Waals surface area contributed by atoms with Crippen LogP contribution in [0.2, 0.25) is 0 Å². The molecule has 0 saturated carbocycles. The molecule has 0 N–H and O–H groups in total. The molecule has 1 saturated heterocycles. The molecule has 0 bridgehead atoms. The summed E-state index contributed by atoms with van der Waals surface area (Å²) < 4.78 is 160. The van der Waals surface area contributed by atoms with Gasteiger partial charge in [-0.3, -0.25) is 4.79 Å². The van der Waals surface area contributed by atoms with Crippen molar-refractivity contribution in [1.82, 2.24) is 0 Å². The first kappa shape index (κ1) is 62.5. The average Bonchev–Trinajstić information content (AvgIpc) is 3.08. The van der Waals surface area contributed by atoms with Crippen molar-refractivity contribution in [3.63, 3.8) is 0 Å². The van der Waals surface area contributed by atoms with Crippen molar-refractivity contribution in [2.24, 2.45) is 0 Å². The molecule has 3 heterocycles. The average molecular weight is 1010 g/mol. The summed E-state index contributed by atoms with van der Waals surface area (Å²) in [6.07, 6.45) is 6.33. The van der Waals surface area contributed by atoms with Crippen molar-refractivity contribution < 1.29 is 99.1 Å². The number of carbonyl (C=O) groups is 4. The molecule has 0 spiro atoms. The molecule has 66 heavy (non-hydrogen) atoms. The van der Waals surface area contributed by atoms with Gasteiger partial charge < -0.3 is 36.8 Å². The smallest absolute Gasteiger partial charge is 0.464 e. The van der Waals surface area contributed by atoms with E-state index in [4.69, 9.17) is 28.4 Å². The molecular formula is C42H68F6O16S2. The van der Waals surface area contributed by atoms with E-state index < -0.39 is 101 Å². The third kappa shape index (κ3) is 19.3. The molecule has 3 rings (SSSR count). The molecule has 24 heteroatoms. The summed E-state index contributed by atoms with van der Waals surface area (Å²) in [4.78, 5) is 47.9. The number of hydrogen-bond acceptors (Lipinski definition) is 16. The van der Waals surface area contributed by atoms with Crippen LogP contribution in [0.25, 0.3) is 0 Å². The first-order chi connectivity index (χ1) is 29.2. The summed E-state index contributed by atoms with van der Waals surface area (Å²) in [6.45, 7) is 20.3. The van der Waals surface area contributed by atoms with Crippen LogP contribution in [-0.4, -0.2) is 105 Å². The second kappa shape index (κ2) is 23.7. The summed E-state index contributed by atoms with van der Waals surface area (Å²) in [7, 11) is -11.6. The van der Waals surface area contributed by atoms with Crippen LogP contribution in [0.5, 0.6) is 0 Å². The fourth-order valence-corrected chi connectivity index (χ4v) is 7.58. The second-order valence-electron chi connectivity index (χ2n) is 17.9. The van der Waals surface area contributed by atoms with Gasteiger partial charge in [0.1, 0.15) is 17.3 Å². The Bertz CT molecular complexity index is 1960. The molecule has 3 aliphatic heterocycles. The maximum Gasteiger partial charge on any atom is 0.534 e. The van der Waals surface area contributed by atoms with E-state index in [1.807, 2.05) is 34.6 Å². The quantitative estimate of drug-likeness (QED) is 0.0353. The first-order valence-corrected chi connectivity index (χ1v) is 23.6. The summed E-state index contributed by atoms with van der Waals surface area (Å²) >= 11 is 0. The summed E-state index contributed by atoms with van der Waals surface area (Å²) in [6, 6.07) is 0. The molecule has 0 amide bonds. The van der Waals surface area contributed by atoms with Crippen LogP contribution in [0, 0.1) is 0 Å². The molecule has 1 fully saturated rings. The summed E-state index contributed by atoms with van der Waals surface area (Å²) in [5, 5.41) is 0. The molecule has 0 radical (unpaired) electrons. The molecule has 0 aliphatic carbocycles. The van der Waals surface area contributed by atoms with Crippen LogP contribution in [0.4, 0.5) is 26.3 Å². The molecule has 0 aromatic rings. The topological polar surface area (TPSA) is 210 Å². The standard InChI is InChI=1S/2C14H21F3O6S.C13H22O4.CH4/c2*1-5-6-7-21-11(18)13(4)9-10(8-12(2,3)23-13)22-24(19,20)14(15,16)17;1-5-6-7-16-11(15)13(4)9-10(14)8-12(2,3)17-13;/h9H,5-8H2,1-4H3;8H,5-7,9H2,1-4H3;5-9H2,1-4H3;1H4. The maximum atomic E-state index is 12.5. The minimum atomic E-state index is -5.82. The van der Waals surface area contributed by atoms with E-state index >= 15 is 0 Å². The van der Waals surface area contributed by atoms with E-state index in [9.17, 15) is 62.4 Å². The lowest BCUT2D eigenvalue weighted by atomic mass is 9.87. The fraction of sp³-hybridized carbons (Fsp3) is 0.810. The zero-order chi connectivity index (χ0) is 50.7. The predicted molar refractivity (Wildman–Crippen MR) is 227 cm³/mol. The highest BCUT2D eigenvalue weighted by Crippen LogP contribution is 2.40. The Morgan fingerprint density at radius 2 is 0.924 bits per heavy atom. The number of esters is 3. The number of ether oxygens (including phenoxy) is 6. The van der Waals surface area contributed by atoms with Gasteiger partial charge in [0.05, 0.1) is 36.6 Å². The Hall–Kier alpha value is -3.48. The van der Waals surface area contributed by atoms with Gasteiger partial charge in [-0.15, -0.1) is 0 Å². The number of Topliss-reactive ketones (excluding diaryl/α,β-unsaturated/α-hetero) is 1. The number of unbranched alkanes of at least 4 members (excludes halogenated alkanes) is 3. The minimum Gasteiger partial charge on any atom is -0.464 e. The van der Waals surface area contributed by atoms with E-state index in [0.717, 1.165) is 37.8 Å². The number of rotatable bonds is 16. The van der Waals surface area contributed by atoms with E-state index in [-0.39, 0.29) is 39.3 Å². The van der Waals surface area contributed by atoms with Gasteiger partial charge in [0, 0.05) is 25.7 Å². The van der Waals surface area contributed by atoms with Crippen LogP contribution in [0.3, 0.4) is 0 Å². The van der Waals surface area contributed by atoms with Gasteiger partial charge in [0.25, 0.3) is 0 Å². The van der Waals surface area contributed by atoms with Crippen molar-refractivity contribution in [3.8, 4) is 0 Å². The summed E-state index contributed by atoms with van der Waals surface area (Å²) in [5.74, 6) is -3.02. The minimum absolute atomic E-state index is 0. The number of carbonyl (C=O) groups excluding carboxylic acids is 4. The van der Waals surface area contributed by atoms with Gasteiger partial charge in [-0.25, -0.2) is 14.4 Å². The van der Waals surface area contributed by atoms with Crippen LogP contribution in [0.1, 0.15) is 155 Å². The molecule has 16 nitrogen and oxygen atoms in total. The van der Waals surface area contributed by atoms with Gasteiger partial charge in [-0.2, -0.15) is 43.2 Å². The van der Waals surface area contributed by atoms with E-state index in [2.05, 4.69) is 8.37 Å². The van der Waals surface area contributed by atoms with Crippen LogP contribution < -0.4 is 0 Å². The molecular weight excluding hydrogens is 939 g/mol. The van der Waals surface area contributed by atoms with Gasteiger partial charge in [-0.05, 0) is 93.7 Å². The van der Waals surface area contributed by atoms with E-state index in [0.29, 0.717) is 25.9 Å². The SMILES string of the molecule is C.CCCCOC(=O)C1(C)C=C(OS(=O)(=O)C(F)(F)F)CC(C)(C)O1.CCCCOC(=O)C1(C)CC(=O)CC(C)(C)O1.CCCCOC(=O)C1(C)CC(OS(=O)(=O)C(F)(F)F)=CC(C)(C)O1. The lowest BCUT2D eigenvalue weighted by Crippen LogP contribution is -2.52. The second-order valence-corrected chi connectivity index (χ2v) is 21.0. The Morgan fingerprint density at radius 1 is 0.561 bits per heavy atom. The molecule has 0 aromatic heterocycles. The maximum absolute atomic E-state index is 12.5. The van der Waals surface area contributed by atoms with Crippen molar-refractivity contribution in [2.75, 3.05) is 19.8 Å². The van der Waals surface area contributed by atoms with E-state index in [1.165, 1.54) is 41.5 Å². The van der Waals surface area contributed by atoms with Gasteiger partial charge in [0.15, 0.2) is 16.8 Å². The third-order valence-corrected chi connectivity index (χ3v) is 11.2. The van der Waals surface area contributed by atoms with Crippen molar-refractivity contribution in [3.05, 3.63) is 23.7 Å². The molecule has 386 valence electrons. The van der Waals surface area contributed by atoms with Gasteiger partial charge >= 0.3 is 49.2 Å². The van der Waals surface area contributed by atoms with Crippen LogP contribution in [0.15, 0.2) is 23.7 Å². The van der Waals surface area contributed by atoms with Crippen molar-refractivity contribution in [1.29, 1.82) is 0 Å². The number of hydrogen-bond donors (Lipinski definition) is 0. The zero-order valence-corrected chi connectivity index (χ0v) is 40.6. The van der Waals surface area contributed by atoms with Crippen molar-refractivity contribution >= 4 is 43.9 Å². The van der Waals surface area contributed by atoms with Gasteiger partial charge in [0.2, 0.25) is 0 Å². The highest BCUT2D eigenvalue weighted by Gasteiger charge is 2.53. The van der Waals surface area contributed by atoms with Crippen LogP contribution in [-0.2, 0) is 76.2 Å². The molecule has 0 aromatic carbocycles. The molecule has 3 atom stereocenters. The monoisotopic (exact) mass is 1010 g/mol. The predicted octanol–water partition coefficient (Wildman–Crippen LogP) is 8.96. The Kier molecular flexibility index (Phi) is 22.4. The van der Waals surface area contributed by atoms with Crippen LogP contribution >= 0.6 is 0 Å². The highest BCUT2D eigenvalue weighted by atomic mass is 32.2. The van der Waals surface area contributed by atoms with Gasteiger partial charge in [-0.1, -0.05) is 47.5 Å². The Balaban J connectivity index is 0.000000968. The number of halogens is 6. The fourth-order valence-electron chi connectivity index (χ4n) is 6.62. The summed E-state index contributed by atoms with van der Waals surface area (Å²) in [5.41, 5.74) is -18.6. The first-order valence-electron chi connectivity index (χ1n) is 20.8. The Morgan fingerprint density at radius 3 is 1.30 bits per heavy atom. The zero-order valence-electron chi connectivity index (χ0n) is 39.0.